The second-order valence-electron chi connectivity index (χ2n) is 10.4. The van der Waals surface area contributed by atoms with Crippen molar-refractivity contribution in [3.05, 3.63) is 35.9 Å². The van der Waals surface area contributed by atoms with Crippen molar-refractivity contribution in [3.63, 3.8) is 0 Å². The Kier molecular flexibility index (Phi) is 9.30. The van der Waals surface area contributed by atoms with Crippen LogP contribution in [0.25, 0.3) is 5.65 Å². The van der Waals surface area contributed by atoms with Gasteiger partial charge in [0.25, 0.3) is 11.8 Å². The highest BCUT2D eigenvalue weighted by molar-refractivity contribution is 6.10. The monoisotopic (exact) mass is 594 g/mol. The molecular formula is C25H33F3N10O4. The van der Waals surface area contributed by atoms with Crippen LogP contribution in [-0.4, -0.2) is 90.6 Å². The maximum atomic E-state index is 13.2. The summed E-state index contributed by atoms with van der Waals surface area (Å²) in [6.07, 6.45) is 6.01. The first-order valence-corrected chi connectivity index (χ1v) is 13.4. The minimum atomic E-state index is -5.08. The van der Waals surface area contributed by atoms with E-state index in [9.17, 15) is 22.8 Å². The Morgan fingerprint density at radius 2 is 1.86 bits per heavy atom. The minimum Gasteiger partial charge on any atom is -0.475 e. The zero-order valence-electron chi connectivity index (χ0n) is 22.8. The molecule has 14 nitrogen and oxygen atoms in total. The molecule has 4 heterocycles. The Labute approximate surface area is 238 Å². The molecule has 2 fully saturated rings. The number of alkyl halides is 3. The van der Waals surface area contributed by atoms with Crippen molar-refractivity contribution in [2.24, 2.45) is 11.5 Å². The number of carbonyl (C=O) groups is 3. The third-order valence-corrected chi connectivity index (χ3v) is 7.20. The molecule has 3 aromatic rings. The number of fused-ring (bicyclic) bond motifs is 1. The van der Waals surface area contributed by atoms with Crippen molar-refractivity contribution >= 4 is 34.9 Å². The lowest BCUT2D eigenvalue weighted by Crippen LogP contribution is -2.42. The van der Waals surface area contributed by atoms with Crippen LogP contribution in [0.2, 0.25) is 0 Å². The van der Waals surface area contributed by atoms with Crippen molar-refractivity contribution in [3.8, 4) is 0 Å². The van der Waals surface area contributed by atoms with E-state index in [1.54, 1.807) is 17.1 Å². The van der Waals surface area contributed by atoms with E-state index < -0.39 is 24.0 Å². The summed E-state index contributed by atoms with van der Waals surface area (Å²) in [5.74, 6) is -3.26. The highest BCUT2D eigenvalue weighted by Crippen LogP contribution is 2.25. The van der Waals surface area contributed by atoms with Gasteiger partial charge in [0.05, 0.1) is 17.9 Å². The molecule has 1 aliphatic carbocycles. The van der Waals surface area contributed by atoms with Crippen LogP contribution in [0.15, 0.2) is 24.7 Å². The number of carboxylic acid groups (broad SMARTS) is 1. The Hall–Kier alpha value is -4.25. The first-order valence-electron chi connectivity index (χ1n) is 13.4. The molecule has 2 aliphatic rings. The first-order chi connectivity index (χ1) is 19.8. The maximum Gasteiger partial charge on any atom is 0.490 e. The fraction of sp³-hybridized carbons (Fsp3) is 0.520. The predicted molar refractivity (Wildman–Crippen MR) is 145 cm³/mol. The largest absolute Gasteiger partial charge is 0.490 e. The number of primary amides is 1. The van der Waals surface area contributed by atoms with Crippen molar-refractivity contribution in [1.29, 1.82) is 0 Å². The molecule has 1 saturated heterocycles. The summed E-state index contributed by atoms with van der Waals surface area (Å²) < 4.78 is 35.0. The third-order valence-electron chi connectivity index (χ3n) is 7.20. The number of aromatic nitrogens is 5. The Bertz CT molecular complexity index is 1440. The lowest BCUT2D eigenvalue weighted by molar-refractivity contribution is -0.192. The molecule has 228 valence electrons. The summed E-state index contributed by atoms with van der Waals surface area (Å²) in [7, 11) is 2.05. The molecule has 1 aliphatic heterocycles. The molecule has 5 rings (SSSR count). The van der Waals surface area contributed by atoms with E-state index in [2.05, 4.69) is 37.8 Å². The third kappa shape index (κ3) is 7.33. The van der Waals surface area contributed by atoms with Crippen LogP contribution in [0.3, 0.4) is 0 Å². The Morgan fingerprint density at radius 1 is 1.14 bits per heavy atom. The average Bonchev–Trinajstić information content (AvgIpc) is 3.54. The van der Waals surface area contributed by atoms with Gasteiger partial charge in [0.15, 0.2) is 11.3 Å². The number of amides is 2. The number of carboxylic acids is 1. The van der Waals surface area contributed by atoms with Crippen molar-refractivity contribution < 1.29 is 32.7 Å². The number of halogens is 3. The second kappa shape index (κ2) is 12.7. The fourth-order valence-corrected chi connectivity index (χ4v) is 5.04. The highest BCUT2D eigenvalue weighted by Gasteiger charge is 2.38. The summed E-state index contributed by atoms with van der Waals surface area (Å²) >= 11 is 0. The van der Waals surface area contributed by atoms with Crippen LogP contribution in [0, 0.1) is 0 Å². The smallest absolute Gasteiger partial charge is 0.475 e. The molecule has 7 N–H and O–H groups in total. The molecule has 0 spiro atoms. The number of likely N-dealkylation sites (N-methyl/N-ethyl adjacent to an activating group) is 1. The number of rotatable bonds is 6. The van der Waals surface area contributed by atoms with Crippen LogP contribution in [0.5, 0.6) is 0 Å². The number of hydrogen-bond donors (Lipinski definition) is 5. The molecule has 0 aromatic carbocycles. The van der Waals surface area contributed by atoms with E-state index in [0.717, 1.165) is 51.6 Å². The van der Waals surface area contributed by atoms with E-state index >= 15 is 0 Å². The highest BCUT2D eigenvalue weighted by atomic mass is 19.4. The van der Waals surface area contributed by atoms with Gasteiger partial charge in [-0.15, -0.1) is 0 Å². The molecule has 3 atom stereocenters. The van der Waals surface area contributed by atoms with Crippen LogP contribution in [0.4, 0.5) is 24.7 Å². The summed E-state index contributed by atoms with van der Waals surface area (Å²) in [6.45, 7) is 1.83. The number of carbonyl (C=O) groups excluding carboxylic acids is 2. The van der Waals surface area contributed by atoms with Gasteiger partial charge in [0.2, 0.25) is 0 Å². The summed E-state index contributed by atoms with van der Waals surface area (Å²) in [5.41, 5.74) is 12.8. The molecule has 2 amide bonds. The van der Waals surface area contributed by atoms with Gasteiger partial charge in [-0.25, -0.2) is 14.3 Å². The lowest BCUT2D eigenvalue weighted by atomic mass is 9.91. The molecule has 1 unspecified atom stereocenters. The summed E-state index contributed by atoms with van der Waals surface area (Å²) in [6, 6.07) is 2.14. The number of piperidine rings is 1. The standard InChI is InChI=1S/C23H32N10O2.C2HF3O2/c1-31-9-4-5-14(12-31)33-13-18(20(30-33)21(25)34)28-23(35)15-11-26-32-10-8-19(29-22(15)32)27-17-7-3-2-6-16(17)24;3-2(4,5)1(6)7/h8,10-11,13-14,16-17H,2-7,9,12,24H2,1H3,(H2,25,34)(H,27,29)(H,28,35);(H,6,7)/t14?,16-,17+;/m0./s1. The zero-order valence-corrected chi connectivity index (χ0v) is 22.8. The van der Waals surface area contributed by atoms with Crippen molar-refractivity contribution in [2.45, 2.75) is 62.8 Å². The van der Waals surface area contributed by atoms with E-state index in [1.807, 2.05) is 6.07 Å². The molecule has 1 saturated carbocycles. The normalized spacial score (nSPS) is 21.3. The number of likely N-dealkylation sites (tertiary alicyclic amines) is 1. The van der Waals surface area contributed by atoms with Crippen LogP contribution in [0.1, 0.15) is 65.4 Å². The molecule has 0 bridgehead atoms. The first kappa shape index (κ1) is 30.7. The van der Waals surface area contributed by atoms with E-state index in [0.29, 0.717) is 11.5 Å². The SMILES string of the molecule is CN1CCCC(n2cc(NC(=O)c3cnn4ccc(N[C@@H]5CCCC[C@@H]5N)nc34)c(C(N)=O)n2)C1.O=C(O)C(F)(F)F. The molecule has 3 aromatic heterocycles. The van der Waals surface area contributed by atoms with Crippen LogP contribution >= 0.6 is 0 Å². The summed E-state index contributed by atoms with van der Waals surface area (Å²) in [4.78, 5) is 41.0. The van der Waals surface area contributed by atoms with Crippen molar-refractivity contribution in [2.75, 3.05) is 30.8 Å². The van der Waals surface area contributed by atoms with E-state index in [1.165, 1.54) is 10.7 Å². The predicted octanol–water partition coefficient (Wildman–Crippen LogP) is 1.86. The zero-order chi connectivity index (χ0) is 30.6. The number of hydrogen-bond acceptors (Lipinski definition) is 9. The Morgan fingerprint density at radius 3 is 2.50 bits per heavy atom. The van der Waals surface area contributed by atoms with Gasteiger partial charge in [-0.3, -0.25) is 14.3 Å². The molecular weight excluding hydrogens is 561 g/mol. The molecule has 0 radical (unpaired) electrons. The maximum absolute atomic E-state index is 13.2. The van der Waals surface area contributed by atoms with Gasteiger partial charge in [0.1, 0.15) is 11.4 Å². The van der Waals surface area contributed by atoms with Crippen LogP contribution in [-0.2, 0) is 4.79 Å². The van der Waals surface area contributed by atoms with E-state index in [-0.39, 0.29) is 35.1 Å². The van der Waals surface area contributed by atoms with E-state index in [4.69, 9.17) is 21.4 Å². The average molecular weight is 595 g/mol. The molecule has 17 heteroatoms. The van der Waals surface area contributed by atoms with Gasteiger partial charge in [0, 0.05) is 31.0 Å². The molecule has 42 heavy (non-hydrogen) atoms. The number of nitrogens with zero attached hydrogens (tertiary/aromatic N) is 6. The number of anilines is 2. The van der Waals surface area contributed by atoms with Crippen molar-refractivity contribution in [1.82, 2.24) is 29.3 Å². The van der Waals surface area contributed by atoms with Crippen LogP contribution < -0.4 is 22.1 Å². The number of aliphatic carboxylic acids is 1. The van der Waals surface area contributed by atoms with Gasteiger partial charge < -0.3 is 32.1 Å². The quantitative estimate of drug-likeness (QED) is 0.281. The van der Waals surface area contributed by atoms with Gasteiger partial charge >= 0.3 is 12.1 Å². The number of nitrogens with one attached hydrogen (secondary N) is 2. The number of nitrogens with two attached hydrogens (primary N) is 2. The van der Waals surface area contributed by atoms with Gasteiger partial charge in [-0.1, -0.05) is 12.8 Å². The van der Waals surface area contributed by atoms with Gasteiger partial charge in [-0.2, -0.15) is 23.4 Å². The van der Waals surface area contributed by atoms with Gasteiger partial charge in [-0.05, 0) is 45.3 Å². The topological polar surface area (TPSA) is 199 Å². The second-order valence-corrected chi connectivity index (χ2v) is 10.4. The minimum absolute atomic E-state index is 0.0321. The lowest BCUT2D eigenvalue weighted by Gasteiger charge is -2.29. The fourth-order valence-electron chi connectivity index (χ4n) is 5.04. The summed E-state index contributed by atoms with van der Waals surface area (Å²) in [5, 5.41) is 22.0. The Balaban J connectivity index is 0.000000517.